The zero-order chi connectivity index (χ0) is 14.1. The van der Waals surface area contributed by atoms with Gasteiger partial charge >= 0.3 is 6.01 Å². The second kappa shape index (κ2) is 5.09. The number of nitrogen functional groups attached to an aromatic ring is 1. The van der Waals surface area contributed by atoms with Crippen molar-refractivity contribution >= 4 is 32.5 Å². The highest BCUT2D eigenvalue weighted by atomic mass is 79.9. The Labute approximate surface area is 124 Å². The van der Waals surface area contributed by atoms with Gasteiger partial charge in [0.15, 0.2) is 5.75 Å². The third-order valence-corrected chi connectivity index (χ3v) is 3.39. The molecule has 3 aromatic rings. The van der Waals surface area contributed by atoms with Gasteiger partial charge in [0.05, 0.1) is 11.2 Å². The van der Waals surface area contributed by atoms with Crippen LogP contribution >= 0.6 is 15.9 Å². The molecule has 0 unspecified atom stereocenters. The van der Waals surface area contributed by atoms with Gasteiger partial charge < -0.3 is 10.5 Å². The molecule has 2 aromatic carbocycles. The Morgan fingerprint density at radius 2 is 2.00 bits per heavy atom. The van der Waals surface area contributed by atoms with Gasteiger partial charge in [-0.25, -0.2) is 4.98 Å². The molecule has 0 radical (unpaired) electrons. The summed E-state index contributed by atoms with van der Waals surface area (Å²) in [7, 11) is 0. The van der Waals surface area contributed by atoms with E-state index in [1.807, 2.05) is 37.3 Å². The molecule has 4 nitrogen and oxygen atoms in total. The van der Waals surface area contributed by atoms with E-state index in [1.165, 1.54) is 0 Å². The van der Waals surface area contributed by atoms with Crippen LogP contribution in [-0.4, -0.2) is 9.97 Å². The Kier molecular flexibility index (Phi) is 3.28. The van der Waals surface area contributed by atoms with Crippen LogP contribution in [0.1, 0.15) is 5.56 Å². The molecular weight excluding hydrogens is 318 g/mol. The standard InChI is InChI=1S/C15H12BrN3O/c1-9-6-11(16)7-12(17)14(9)20-15-18-8-10-4-2-3-5-13(10)19-15/h2-8H,17H2,1H3. The molecule has 0 amide bonds. The number of nitrogens with two attached hydrogens (primary N) is 1. The molecular formula is C15H12BrN3O. The van der Waals surface area contributed by atoms with Gasteiger partial charge in [-0.15, -0.1) is 0 Å². The van der Waals surface area contributed by atoms with Crippen molar-refractivity contribution in [1.29, 1.82) is 0 Å². The minimum absolute atomic E-state index is 0.292. The van der Waals surface area contributed by atoms with Crippen molar-refractivity contribution in [2.45, 2.75) is 6.92 Å². The summed E-state index contributed by atoms with van der Waals surface area (Å²) >= 11 is 3.40. The fraction of sp³-hybridized carbons (Fsp3) is 0.0667. The molecule has 0 aliphatic heterocycles. The van der Waals surface area contributed by atoms with Gasteiger partial charge in [-0.2, -0.15) is 4.98 Å². The lowest BCUT2D eigenvalue weighted by atomic mass is 10.2. The van der Waals surface area contributed by atoms with Gasteiger partial charge in [0.25, 0.3) is 0 Å². The number of aromatic nitrogens is 2. The Hall–Kier alpha value is -2.14. The van der Waals surface area contributed by atoms with Crippen LogP contribution in [0.5, 0.6) is 11.8 Å². The molecule has 0 saturated carbocycles. The van der Waals surface area contributed by atoms with Gasteiger partial charge in [0.2, 0.25) is 0 Å². The van der Waals surface area contributed by atoms with Crippen molar-refractivity contribution in [3.8, 4) is 11.8 Å². The number of rotatable bonds is 2. The van der Waals surface area contributed by atoms with Gasteiger partial charge in [-0.1, -0.05) is 34.1 Å². The molecule has 0 fully saturated rings. The Balaban J connectivity index is 2.01. The molecule has 0 aliphatic carbocycles. The highest BCUT2D eigenvalue weighted by Crippen LogP contribution is 2.32. The van der Waals surface area contributed by atoms with E-state index in [0.29, 0.717) is 17.4 Å². The zero-order valence-corrected chi connectivity index (χ0v) is 12.4. The molecule has 0 atom stereocenters. The molecule has 0 saturated heterocycles. The summed E-state index contributed by atoms with van der Waals surface area (Å²) < 4.78 is 6.65. The Bertz CT molecular complexity index is 766. The van der Waals surface area contributed by atoms with Crippen molar-refractivity contribution in [2.24, 2.45) is 0 Å². The molecule has 3 rings (SSSR count). The predicted molar refractivity (Wildman–Crippen MR) is 82.9 cm³/mol. The molecule has 20 heavy (non-hydrogen) atoms. The summed E-state index contributed by atoms with van der Waals surface area (Å²) in [5.41, 5.74) is 8.29. The fourth-order valence-corrected chi connectivity index (χ4v) is 2.58. The summed E-state index contributed by atoms with van der Waals surface area (Å²) in [6.45, 7) is 1.93. The molecule has 0 bridgehead atoms. The molecule has 1 aromatic heterocycles. The van der Waals surface area contributed by atoms with Crippen LogP contribution in [-0.2, 0) is 0 Å². The van der Waals surface area contributed by atoms with Crippen molar-refractivity contribution < 1.29 is 4.74 Å². The molecule has 5 heteroatoms. The van der Waals surface area contributed by atoms with Crippen LogP contribution in [0, 0.1) is 6.92 Å². The first-order chi connectivity index (χ1) is 9.63. The maximum Gasteiger partial charge on any atom is 0.322 e. The first kappa shape index (κ1) is 12.9. The van der Waals surface area contributed by atoms with Gasteiger partial charge in [-0.05, 0) is 30.7 Å². The summed E-state index contributed by atoms with van der Waals surface area (Å²) in [4.78, 5) is 8.58. The van der Waals surface area contributed by atoms with E-state index in [1.54, 1.807) is 12.3 Å². The number of fused-ring (bicyclic) bond motifs is 1. The minimum Gasteiger partial charge on any atom is -0.422 e. The molecule has 0 aliphatic rings. The van der Waals surface area contributed by atoms with E-state index >= 15 is 0 Å². The summed E-state index contributed by atoms with van der Waals surface area (Å²) in [5.74, 6) is 0.587. The number of para-hydroxylation sites is 1. The molecule has 1 heterocycles. The van der Waals surface area contributed by atoms with Crippen molar-refractivity contribution in [2.75, 3.05) is 5.73 Å². The zero-order valence-electron chi connectivity index (χ0n) is 10.8. The van der Waals surface area contributed by atoms with Crippen LogP contribution < -0.4 is 10.5 Å². The number of ether oxygens (including phenoxy) is 1. The lowest BCUT2D eigenvalue weighted by Crippen LogP contribution is -1.98. The van der Waals surface area contributed by atoms with E-state index in [9.17, 15) is 0 Å². The lowest BCUT2D eigenvalue weighted by Gasteiger charge is -2.10. The maximum atomic E-state index is 5.97. The molecule has 2 N–H and O–H groups in total. The summed E-state index contributed by atoms with van der Waals surface area (Å²) in [6, 6.07) is 11.8. The first-order valence-corrected chi connectivity index (χ1v) is 6.88. The number of anilines is 1. The minimum atomic E-state index is 0.292. The Morgan fingerprint density at radius 1 is 1.20 bits per heavy atom. The average molecular weight is 330 g/mol. The predicted octanol–water partition coefficient (Wildman–Crippen LogP) is 4.08. The first-order valence-electron chi connectivity index (χ1n) is 6.09. The normalized spacial score (nSPS) is 10.7. The smallest absolute Gasteiger partial charge is 0.322 e. The van der Waals surface area contributed by atoms with Crippen LogP contribution in [0.2, 0.25) is 0 Å². The van der Waals surface area contributed by atoms with Crippen molar-refractivity contribution in [3.63, 3.8) is 0 Å². The lowest BCUT2D eigenvalue weighted by molar-refractivity contribution is 0.443. The van der Waals surface area contributed by atoms with Crippen molar-refractivity contribution in [3.05, 3.63) is 52.6 Å². The van der Waals surface area contributed by atoms with Crippen LogP contribution in [0.25, 0.3) is 10.9 Å². The monoisotopic (exact) mass is 329 g/mol. The quantitative estimate of drug-likeness (QED) is 0.720. The topological polar surface area (TPSA) is 61.0 Å². The fourth-order valence-electron chi connectivity index (χ4n) is 1.99. The van der Waals surface area contributed by atoms with E-state index in [0.717, 1.165) is 20.9 Å². The summed E-state index contributed by atoms with van der Waals surface area (Å²) in [6.07, 6.45) is 1.74. The van der Waals surface area contributed by atoms with Crippen LogP contribution in [0.3, 0.4) is 0 Å². The number of halogens is 1. The van der Waals surface area contributed by atoms with E-state index in [4.69, 9.17) is 10.5 Å². The van der Waals surface area contributed by atoms with Gasteiger partial charge in [-0.3, -0.25) is 0 Å². The van der Waals surface area contributed by atoms with Crippen molar-refractivity contribution in [1.82, 2.24) is 9.97 Å². The highest BCUT2D eigenvalue weighted by Gasteiger charge is 2.09. The highest BCUT2D eigenvalue weighted by molar-refractivity contribution is 9.10. The SMILES string of the molecule is Cc1cc(Br)cc(N)c1Oc1ncc2ccccc2n1. The number of nitrogens with zero attached hydrogens (tertiary/aromatic N) is 2. The van der Waals surface area contributed by atoms with Gasteiger partial charge in [0.1, 0.15) is 0 Å². The number of aryl methyl sites for hydroxylation is 1. The van der Waals surface area contributed by atoms with Crippen LogP contribution in [0.15, 0.2) is 47.1 Å². The summed E-state index contributed by atoms with van der Waals surface area (Å²) in [5, 5.41) is 0.973. The number of hydrogen-bond donors (Lipinski definition) is 1. The maximum absolute atomic E-state index is 5.97. The number of hydrogen-bond acceptors (Lipinski definition) is 4. The van der Waals surface area contributed by atoms with Gasteiger partial charge in [0, 0.05) is 16.1 Å². The van der Waals surface area contributed by atoms with E-state index in [-0.39, 0.29) is 0 Å². The van der Waals surface area contributed by atoms with E-state index in [2.05, 4.69) is 25.9 Å². The Morgan fingerprint density at radius 3 is 2.80 bits per heavy atom. The average Bonchev–Trinajstić information content (AvgIpc) is 2.42. The molecule has 0 spiro atoms. The third-order valence-electron chi connectivity index (χ3n) is 2.93. The van der Waals surface area contributed by atoms with Crippen LogP contribution in [0.4, 0.5) is 5.69 Å². The number of benzene rings is 2. The molecule has 100 valence electrons. The largest absolute Gasteiger partial charge is 0.422 e. The second-order valence-corrected chi connectivity index (χ2v) is 5.37. The third kappa shape index (κ3) is 2.44. The van der Waals surface area contributed by atoms with E-state index < -0.39 is 0 Å². The second-order valence-electron chi connectivity index (χ2n) is 4.45.